The minimum Gasteiger partial charge on any atom is -0.452 e. The van der Waals surface area contributed by atoms with E-state index in [1.165, 1.54) is 36.4 Å². The smallest absolute Gasteiger partial charge is 0.387 e. The van der Waals surface area contributed by atoms with Crippen LogP contribution < -0.4 is 15.8 Å². The molecule has 126 valence electrons. The predicted molar refractivity (Wildman–Crippen MR) is 82.8 cm³/mol. The number of anilines is 2. The van der Waals surface area contributed by atoms with Crippen LogP contribution in [0.15, 0.2) is 48.5 Å². The third-order valence-corrected chi connectivity index (χ3v) is 2.84. The molecule has 0 aliphatic carbocycles. The Morgan fingerprint density at radius 1 is 1.04 bits per heavy atom. The van der Waals surface area contributed by atoms with Crippen LogP contribution in [0.5, 0.6) is 5.75 Å². The van der Waals surface area contributed by atoms with Gasteiger partial charge < -0.3 is 20.5 Å². The molecule has 0 aromatic heterocycles. The van der Waals surface area contributed by atoms with Crippen molar-refractivity contribution >= 4 is 23.3 Å². The first-order valence-corrected chi connectivity index (χ1v) is 6.81. The van der Waals surface area contributed by atoms with Gasteiger partial charge >= 0.3 is 12.6 Å². The second-order valence-electron chi connectivity index (χ2n) is 4.65. The molecule has 0 saturated carbocycles. The summed E-state index contributed by atoms with van der Waals surface area (Å²) in [6, 6.07) is 11.4. The average molecular weight is 336 g/mol. The van der Waals surface area contributed by atoms with Crippen molar-refractivity contribution in [3.63, 3.8) is 0 Å². The van der Waals surface area contributed by atoms with Crippen molar-refractivity contribution in [2.24, 2.45) is 0 Å². The highest BCUT2D eigenvalue weighted by Gasteiger charge is 2.10. The number of esters is 1. The Hall–Kier alpha value is -3.16. The van der Waals surface area contributed by atoms with Gasteiger partial charge in [0.1, 0.15) is 5.75 Å². The second kappa shape index (κ2) is 7.91. The summed E-state index contributed by atoms with van der Waals surface area (Å²) in [5.74, 6) is -1.26. The van der Waals surface area contributed by atoms with Crippen molar-refractivity contribution in [1.29, 1.82) is 0 Å². The molecule has 24 heavy (non-hydrogen) atoms. The second-order valence-corrected chi connectivity index (χ2v) is 4.65. The molecule has 0 bridgehead atoms. The molecule has 8 heteroatoms. The number of hydrogen-bond acceptors (Lipinski definition) is 5. The maximum atomic E-state index is 12.0. The van der Waals surface area contributed by atoms with Crippen LogP contribution >= 0.6 is 0 Å². The number of nitrogens with two attached hydrogens (primary N) is 1. The monoisotopic (exact) mass is 336 g/mol. The number of benzene rings is 2. The summed E-state index contributed by atoms with van der Waals surface area (Å²) < 4.78 is 33.1. The molecular weight excluding hydrogens is 322 g/mol. The average Bonchev–Trinajstić information content (AvgIpc) is 2.54. The quantitative estimate of drug-likeness (QED) is 0.625. The van der Waals surface area contributed by atoms with Gasteiger partial charge in [-0.15, -0.1) is 0 Å². The minimum atomic E-state index is -2.92. The zero-order valence-corrected chi connectivity index (χ0v) is 12.4. The number of carbonyl (C=O) groups excluding carboxylic acids is 2. The number of hydrogen-bond donors (Lipinski definition) is 2. The summed E-state index contributed by atoms with van der Waals surface area (Å²) in [6.07, 6.45) is 0. The van der Waals surface area contributed by atoms with E-state index in [1.807, 2.05) is 0 Å². The molecule has 0 aliphatic rings. The lowest BCUT2D eigenvalue weighted by molar-refractivity contribution is -0.119. The lowest BCUT2D eigenvalue weighted by atomic mass is 10.2. The maximum Gasteiger partial charge on any atom is 0.387 e. The first-order valence-electron chi connectivity index (χ1n) is 6.81. The number of carbonyl (C=O) groups is 2. The van der Waals surface area contributed by atoms with Crippen LogP contribution in [0.2, 0.25) is 0 Å². The van der Waals surface area contributed by atoms with Crippen molar-refractivity contribution in [3.8, 4) is 5.75 Å². The van der Waals surface area contributed by atoms with E-state index in [1.54, 1.807) is 12.1 Å². The van der Waals surface area contributed by atoms with Gasteiger partial charge in [0, 0.05) is 11.4 Å². The normalized spacial score (nSPS) is 10.3. The van der Waals surface area contributed by atoms with Crippen molar-refractivity contribution in [2.45, 2.75) is 6.61 Å². The van der Waals surface area contributed by atoms with Crippen molar-refractivity contribution in [3.05, 3.63) is 54.1 Å². The van der Waals surface area contributed by atoms with Gasteiger partial charge in [0.05, 0.1) is 5.56 Å². The Bertz CT molecular complexity index is 703. The molecule has 0 fully saturated rings. The number of nitrogen functional groups attached to an aromatic ring is 1. The number of amides is 1. The summed E-state index contributed by atoms with van der Waals surface area (Å²) in [5, 5.41) is 2.46. The lowest BCUT2D eigenvalue weighted by Crippen LogP contribution is -2.20. The molecule has 0 spiro atoms. The van der Waals surface area contributed by atoms with Gasteiger partial charge in [0.2, 0.25) is 0 Å². The van der Waals surface area contributed by atoms with Crippen molar-refractivity contribution < 1.29 is 27.8 Å². The maximum absolute atomic E-state index is 12.0. The fourth-order valence-corrected chi connectivity index (χ4v) is 1.75. The largest absolute Gasteiger partial charge is 0.452 e. The standard InChI is InChI=1S/C16H14F2N2O4/c17-16(18)24-13-7-5-12(6-8-13)20-14(21)9-23-15(22)10-1-3-11(19)4-2-10/h1-8,16H,9,19H2,(H,20,21). The first kappa shape index (κ1) is 17.2. The number of rotatable bonds is 6. The molecule has 2 aromatic rings. The number of nitrogens with one attached hydrogen (secondary N) is 1. The van der Waals surface area contributed by atoms with Crippen LogP contribution in [0.25, 0.3) is 0 Å². The van der Waals surface area contributed by atoms with E-state index in [0.717, 1.165) is 0 Å². The van der Waals surface area contributed by atoms with E-state index in [9.17, 15) is 18.4 Å². The molecule has 6 nitrogen and oxygen atoms in total. The summed E-state index contributed by atoms with van der Waals surface area (Å²) >= 11 is 0. The molecule has 2 aromatic carbocycles. The van der Waals surface area contributed by atoms with Crippen LogP contribution in [-0.2, 0) is 9.53 Å². The highest BCUT2D eigenvalue weighted by molar-refractivity contribution is 5.95. The molecule has 2 rings (SSSR count). The van der Waals surface area contributed by atoms with Crippen LogP contribution in [0.3, 0.4) is 0 Å². The Morgan fingerprint density at radius 2 is 1.67 bits per heavy atom. The van der Waals surface area contributed by atoms with Crippen LogP contribution in [0.1, 0.15) is 10.4 Å². The Kier molecular flexibility index (Phi) is 5.67. The highest BCUT2D eigenvalue weighted by atomic mass is 19.3. The molecule has 3 N–H and O–H groups in total. The molecule has 0 aliphatic heterocycles. The molecule has 0 unspecified atom stereocenters. The van der Waals surface area contributed by atoms with Gasteiger partial charge in [-0.2, -0.15) is 8.78 Å². The molecule has 0 radical (unpaired) electrons. The van der Waals surface area contributed by atoms with E-state index >= 15 is 0 Å². The van der Waals surface area contributed by atoms with Crippen LogP contribution in [0.4, 0.5) is 20.2 Å². The predicted octanol–water partition coefficient (Wildman–Crippen LogP) is 2.67. The third-order valence-electron chi connectivity index (χ3n) is 2.84. The zero-order chi connectivity index (χ0) is 17.5. The van der Waals surface area contributed by atoms with Gasteiger partial charge in [0.15, 0.2) is 6.61 Å². The van der Waals surface area contributed by atoms with Gasteiger partial charge in [0.25, 0.3) is 5.91 Å². The third kappa shape index (κ3) is 5.24. The molecule has 0 heterocycles. The summed E-state index contributed by atoms with van der Waals surface area (Å²) in [6.45, 7) is -3.41. The van der Waals surface area contributed by atoms with Crippen LogP contribution in [0, 0.1) is 0 Å². The van der Waals surface area contributed by atoms with Crippen molar-refractivity contribution in [2.75, 3.05) is 17.7 Å². The molecular formula is C16H14F2N2O4. The number of halogens is 2. The minimum absolute atomic E-state index is 0.0298. The van der Waals surface area contributed by atoms with E-state index in [-0.39, 0.29) is 11.3 Å². The summed E-state index contributed by atoms with van der Waals surface area (Å²) in [7, 11) is 0. The van der Waals surface area contributed by atoms with E-state index in [4.69, 9.17) is 10.5 Å². The zero-order valence-electron chi connectivity index (χ0n) is 12.4. The molecule has 1 amide bonds. The summed E-state index contributed by atoms with van der Waals surface area (Å²) in [4.78, 5) is 23.4. The number of ether oxygens (including phenoxy) is 2. The molecule has 0 atom stereocenters. The van der Waals surface area contributed by atoms with E-state index < -0.39 is 25.1 Å². The lowest BCUT2D eigenvalue weighted by Gasteiger charge is -2.08. The van der Waals surface area contributed by atoms with Crippen LogP contribution in [-0.4, -0.2) is 25.1 Å². The van der Waals surface area contributed by atoms with E-state index in [2.05, 4.69) is 10.1 Å². The van der Waals surface area contributed by atoms with Gasteiger partial charge in [-0.3, -0.25) is 4.79 Å². The summed E-state index contributed by atoms with van der Waals surface area (Å²) in [5.41, 5.74) is 6.63. The van der Waals surface area contributed by atoms with Gasteiger partial charge in [-0.1, -0.05) is 0 Å². The van der Waals surface area contributed by atoms with E-state index in [0.29, 0.717) is 11.4 Å². The first-order chi connectivity index (χ1) is 11.4. The number of alkyl halides is 2. The van der Waals surface area contributed by atoms with Crippen molar-refractivity contribution in [1.82, 2.24) is 0 Å². The Morgan fingerprint density at radius 3 is 2.25 bits per heavy atom. The Labute approximate surface area is 136 Å². The highest BCUT2D eigenvalue weighted by Crippen LogP contribution is 2.17. The fraction of sp³-hybridized carbons (Fsp3) is 0.125. The Balaban J connectivity index is 1.82. The topological polar surface area (TPSA) is 90.7 Å². The molecule has 0 saturated heterocycles. The van der Waals surface area contributed by atoms with Gasteiger partial charge in [-0.25, -0.2) is 4.79 Å². The SMILES string of the molecule is Nc1ccc(C(=O)OCC(=O)Nc2ccc(OC(F)F)cc2)cc1. The van der Waals surface area contributed by atoms with Gasteiger partial charge in [-0.05, 0) is 48.5 Å². The fourth-order valence-electron chi connectivity index (χ4n) is 1.75.